The summed E-state index contributed by atoms with van der Waals surface area (Å²) in [4.78, 5) is 4.12. The van der Waals surface area contributed by atoms with Crippen LogP contribution in [-0.4, -0.2) is 11.5 Å². The number of furan rings is 1. The second-order valence-corrected chi connectivity index (χ2v) is 2.24. The Hall–Kier alpha value is -1.29. The summed E-state index contributed by atoms with van der Waals surface area (Å²) in [6.45, 7) is 0.545. The highest BCUT2D eigenvalue weighted by Gasteiger charge is 2.05. The molecule has 2 N–H and O–H groups in total. The van der Waals surface area contributed by atoms with Crippen LogP contribution < -0.4 is 5.73 Å². The fourth-order valence-electron chi connectivity index (χ4n) is 0.943. The fraction of sp³-hybridized carbons (Fsp3) is 0.286. The molecule has 4 heteroatoms. The quantitative estimate of drug-likeness (QED) is 0.694. The Morgan fingerprint density at radius 2 is 2.45 bits per heavy atom. The zero-order valence-corrected chi connectivity index (χ0v) is 5.91. The topological polar surface area (TPSA) is 65.2 Å². The van der Waals surface area contributed by atoms with E-state index in [1.54, 1.807) is 12.3 Å². The zero-order chi connectivity index (χ0) is 7.68. The molecule has 0 aliphatic carbocycles. The predicted octanol–water partition coefficient (Wildman–Crippen LogP) is 0.922. The molecule has 0 aliphatic heterocycles. The van der Waals surface area contributed by atoms with Crippen LogP contribution in [0.4, 0.5) is 0 Å². The van der Waals surface area contributed by atoms with Gasteiger partial charge in [0, 0.05) is 19.0 Å². The molecule has 0 bridgehead atoms. The van der Waals surface area contributed by atoms with Crippen molar-refractivity contribution in [3.05, 3.63) is 18.2 Å². The molecule has 2 aromatic rings. The van der Waals surface area contributed by atoms with Crippen molar-refractivity contribution < 1.29 is 8.83 Å². The molecule has 0 radical (unpaired) electrons. The van der Waals surface area contributed by atoms with E-state index >= 15 is 0 Å². The number of hydrogen-bond acceptors (Lipinski definition) is 4. The third kappa shape index (κ3) is 1.01. The van der Waals surface area contributed by atoms with Gasteiger partial charge in [-0.15, -0.1) is 0 Å². The molecule has 0 saturated heterocycles. The van der Waals surface area contributed by atoms with Crippen LogP contribution in [0, 0.1) is 0 Å². The third-order valence-electron chi connectivity index (χ3n) is 1.42. The number of rotatable bonds is 2. The Balaban J connectivity index is 2.42. The molecule has 58 valence electrons. The molecular formula is C7H8N2O2. The van der Waals surface area contributed by atoms with Crippen molar-refractivity contribution in [3.63, 3.8) is 0 Å². The SMILES string of the molecule is NCCc1nc2ccoc2o1. The summed E-state index contributed by atoms with van der Waals surface area (Å²) >= 11 is 0. The highest BCUT2D eigenvalue weighted by molar-refractivity contribution is 5.65. The Labute approximate surface area is 63.0 Å². The Kier molecular flexibility index (Phi) is 1.40. The second-order valence-electron chi connectivity index (χ2n) is 2.24. The summed E-state index contributed by atoms with van der Waals surface area (Å²) in [6, 6.07) is 1.76. The first kappa shape index (κ1) is 6.42. The van der Waals surface area contributed by atoms with Crippen LogP contribution in [0.15, 0.2) is 21.2 Å². The molecule has 2 rings (SSSR count). The van der Waals surface area contributed by atoms with Crippen molar-refractivity contribution in [1.82, 2.24) is 4.98 Å². The van der Waals surface area contributed by atoms with Gasteiger partial charge in [-0.1, -0.05) is 0 Å². The van der Waals surface area contributed by atoms with Crippen LogP contribution in [0.25, 0.3) is 11.3 Å². The minimum atomic E-state index is 0.480. The standard InChI is InChI=1S/C7H8N2O2/c8-3-1-6-9-5-2-4-10-7(5)11-6/h2,4H,1,3,8H2. The highest BCUT2D eigenvalue weighted by Crippen LogP contribution is 2.15. The van der Waals surface area contributed by atoms with Gasteiger partial charge in [-0.05, 0) is 0 Å². The maximum absolute atomic E-state index is 5.32. The molecule has 0 amide bonds. The summed E-state index contributed by atoms with van der Waals surface area (Å²) in [5.74, 6) is 1.12. The molecule has 0 unspecified atom stereocenters. The molecular weight excluding hydrogens is 144 g/mol. The van der Waals surface area contributed by atoms with E-state index < -0.39 is 0 Å². The maximum atomic E-state index is 5.32. The average molecular weight is 152 g/mol. The molecule has 0 fully saturated rings. The fourth-order valence-corrected chi connectivity index (χ4v) is 0.943. The smallest absolute Gasteiger partial charge is 0.318 e. The molecule has 4 nitrogen and oxygen atoms in total. The monoisotopic (exact) mass is 152 g/mol. The average Bonchev–Trinajstić information content (AvgIpc) is 2.46. The van der Waals surface area contributed by atoms with Crippen LogP contribution in [0.2, 0.25) is 0 Å². The van der Waals surface area contributed by atoms with Gasteiger partial charge in [-0.2, -0.15) is 0 Å². The van der Waals surface area contributed by atoms with Crippen LogP contribution in [0.5, 0.6) is 0 Å². The van der Waals surface area contributed by atoms with Crippen LogP contribution in [-0.2, 0) is 6.42 Å². The van der Waals surface area contributed by atoms with Crippen LogP contribution in [0.3, 0.4) is 0 Å². The zero-order valence-electron chi connectivity index (χ0n) is 5.91. The lowest BCUT2D eigenvalue weighted by Gasteiger charge is -1.85. The number of nitrogens with zero attached hydrogens (tertiary/aromatic N) is 1. The molecule has 0 atom stereocenters. The van der Waals surface area contributed by atoms with Gasteiger partial charge in [-0.25, -0.2) is 4.98 Å². The van der Waals surface area contributed by atoms with Crippen molar-refractivity contribution in [3.8, 4) is 0 Å². The summed E-state index contributed by atoms with van der Waals surface area (Å²) in [6.07, 6.45) is 2.21. The van der Waals surface area contributed by atoms with E-state index in [9.17, 15) is 0 Å². The van der Waals surface area contributed by atoms with Gasteiger partial charge in [0.15, 0.2) is 5.52 Å². The van der Waals surface area contributed by atoms with Gasteiger partial charge in [0.25, 0.3) is 0 Å². The van der Waals surface area contributed by atoms with Gasteiger partial charge in [0.1, 0.15) is 0 Å². The number of aromatic nitrogens is 1. The third-order valence-corrected chi connectivity index (χ3v) is 1.42. The number of hydrogen-bond donors (Lipinski definition) is 1. The normalized spacial score (nSPS) is 11.0. The Bertz CT molecular complexity index is 321. The van der Waals surface area contributed by atoms with E-state index in [1.807, 2.05) is 0 Å². The summed E-state index contributed by atoms with van der Waals surface area (Å²) in [7, 11) is 0. The lowest BCUT2D eigenvalue weighted by Crippen LogP contribution is -2.02. The Morgan fingerprint density at radius 3 is 3.18 bits per heavy atom. The van der Waals surface area contributed by atoms with E-state index in [-0.39, 0.29) is 0 Å². The van der Waals surface area contributed by atoms with E-state index in [0.717, 1.165) is 5.52 Å². The first-order chi connectivity index (χ1) is 5.40. The highest BCUT2D eigenvalue weighted by atomic mass is 16.5. The minimum absolute atomic E-state index is 0.480. The first-order valence-corrected chi connectivity index (χ1v) is 3.43. The Morgan fingerprint density at radius 1 is 1.55 bits per heavy atom. The number of nitrogens with two attached hydrogens (primary N) is 1. The lowest BCUT2D eigenvalue weighted by atomic mass is 10.4. The maximum Gasteiger partial charge on any atom is 0.318 e. The molecule has 0 saturated carbocycles. The van der Waals surface area contributed by atoms with Gasteiger partial charge in [0.05, 0.1) is 6.26 Å². The van der Waals surface area contributed by atoms with Crippen molar-refractivity contribution >= 4 is 11.3 Å². The molecule has 0 aromatic carbocycles. The molecule has 0 spiro atoms. The van der Waals surface area contributed by atoms with Crippen molar-refractivity contribution in [2.45, 2.75) is 6.42 Å². The second kappa shape index (κ2) is 2.39. The summed E-state index contributed by atoms with van der Waals surface area (Å²) in [5.41, 5.74) is 6.08. The van der Waals surface area contributed by atoms with Crippen LogP contribution >= 0.6 is 0 Å². The number of oxazole rings is 1. The van der Waals surface area contributed by atoms with Gasteiger partial charge in [-0.3, -0.25) is 0 Å². The van der Waals surface area contributed by atoms with Gasteiger partial charge in [0.2, 0.25) is 5.89 Å². The predicted molar refractivity (Wildman–Crippen MR) is 39.0 cm³/mol. The van der Waals surface area contributed by atoms with Crippen molar-refractivity contribution in [1.29, 1.82) is 0 Å². The lowest BCUT2D eigenvalue weighted by molar-refractivity contribution is 0.443. The van der Waals surface area contributed by atoms with Gasteiger partial charge < -0.3 is 14.6 Å². The molecule has 2 aromatic heterocycles. The minimum Gasteiger partial charge on any atom is -0.432 e. The summed E-state index contributed by atoms with van der Waals surface area (Å²) < 4.78 is 10.2. The summed E-state index contributed by atoms with van der Waals surface area (Å²) in [5, 5.41) is 0. The van der Waals surface area contributed by atoms with Crippen molar-refractivity contribution in [2.24, 2.45) is 5.73 Å². The first-order valence-electron chi connectivity index (χ1n) is 3.43. The molecule has 0 aliphatic rings. The van der Waals surface area contributed by atoms with Crippen LogP contribution in [0.1, 0.15) is 5.89 Å². The van der Waals surface area contributed by atoms with Gasteiger partial charge >= 0.3 is 5.78 Å². The number of fused-ring (bicyclic) bond motifs is 1. The van der Waals surface area contributed by atoms with E-state index in [0.29, 0.717) is 24.6 Å². The largest absolute Gasteiger partial charge is 0.432 e. The van der Waals surface area contributed by atoms with E-state index in [1.165, 1.54) is 0 Å². The molecule has 2 heterocycles. The molecule has 11 heavy (non-hydrogen) atoms. The van der Waals surface area contributed by atoms with Crippen molar-refractivity contribution in [2.75, 3.05) is 6.54 Å². The van der Waals surface area contributed by atoms with E-state index in [4.69, 9.17) is 14.6 Å². The van der Waals surface area contributed by atoms with E-state index in [2.05, 4.69) is 4.98 Å².